The third-order valence-corrected chi connectivity index (χ3v) is 4.66. The van der Waals surface area contributed by atoms with E-state index in [1.54, 1.807) is 0 Å². The van der Waals surface area contributed by atoms with Crippen molar-refractivity contribution in [2.45, 2.75) is 83.1 Å². The number of hydrogen-bond donors (Lipinski definition) is 0. The summed E-state index contributed by atoms with van der Waals surface area (Å²) >= 11 is 0. The molecule has 0 bridgehead atoms. The van der Waals surface area contributed by atoms with Gasteiger partial charge in [-0.05, 0) is 63.2 Å². The molecule has 0 atom stereocenters. The van der Waals surface area contributed by atoms with Crippen molar-refractivity contribution in [2.24, 2.45) is 11.8 Å². The quantitative estimate of drug-likeness (QED) is 0.698. The fourth-order valence-corrected chi connectivity index (χ4v) is 3.44. The fraction of sp³-hybridized carbons (Fsp3) is 1.00. The number of rotatable bonds is 3. The Kier molecular flexibility index (Phi) is 5.15. The summed E-state index contributed by atoms with van der Waals surface area (Å²) in [6.45, 7) is 2.28. The van der Waals surface area contributed by atoms with Crippen molar-refractivity contribution < 1.29 is 17.9 Å². The summed E-state index contributed by atoms with van der Waals surface area (Å²) in [5.74, 6) is 0.633. The SMILES string of the molecule is CC1CCC(OC2CCC(CC(F)(F)F)CC2)CC1. The molecule has 2 fully saturated rings. The van der Waals surface area contributed by atoms with Gasteiger partial charge in [0, 0.05) is 6.42 Å². The second-order valence-electron chi connectivity index (χ2n) is 6.48. The molecule has 0 aromatic rings. The zero-order valence-corrected chi connectivity index (χ0v) is 11.7. The first-order valence-corrected chi connectivity index (χ1v) is 7.64. The Morgan fingerprint density at radius 3 is 1.79 bits per heavy atom. The first kappa shape index (κ1) is 15.1. The van der Waals surface area contributed by atoms with E-state index in [2.05, 4.69) is 6.92 Å². The lowest BCUT2D eigenvalue weighted by molar-refractivity contribution is -0.150. The highest BCUT2D eigenvalue weighted by Crippen LogP contribution is 2.36. The summed E-state index contributed by atoms with van der Waals surface area (Å²) in [4.78, 5) is 0. The van der Waals surface area contributed by atoms with Crippen LogP contribution < -0.4 is 0 Å². The van der Waals surface area contributed by atoms with Crippen molar-refractivity contribution in [3.8, 4) is 0 Å². The van der Waals surface area contributed by atoms with Crippen LogP contribution in [-0.2, 0) is 4.74 Å². The molecule has 2 aliphatic rings. The first-order chi connectivity index (χ1) is 8.92. The molecule has 4 heteroatoms. The number of halogens is 3. The van der Waals surface area contributed by atoms with E-state index < -0.39 is 12.6 Å². The highest BCUT2D eigenvalue weighted by Gasteiger charge is 2.34. The van der Waals surface area contributed by atoms with Crippen LogP contribution >= 0.6 is 0 Å². The number of alkyl halides is 3. The second-order valence-corrected chi connectivity index (χ2v) is 6.48. The molecule has 0 aromatic heterocycles. The minimum absolute atomic E-state index is 0.175. The standard InChI is InChI=1S/C15H25F3O/c1-11-2-6-13(7-3-11)19-14-8-4-12(5-9-14)10-15(16,17)18/h11-14H,2-10H2,1H3. The molecule has 2 aliphatic carbocycles. The Bertz CT molecular complexity index is 261. The van der Waals surface area contributed by atoms with Crippen LogP contribution in [0.3, 0.4) is 0 Å². The van der Waals surface area contributed by atoms with Crippen molar-refractivity contribution >= 4 is 0 Å². The molecule has 0 aliphatic heterocycles. The van der Waals surface area contributed by atoms with Crippen LogP contribution in [0.2, 0.25) is 0 Å². The minimum Gasteiger partial charge on any atom is -0.375 e. The van der Waals surface area contributed by atoms with Crippen LogP contribution in [0.15, 0.2) is 0 Å². The van der Waals surface area contributed by atoms with Gasteiger partial charge in [-0.1, -0.05) is 6.92 Å². The Morgan fingerprint density at radius 1 is 0.842 bits per heavy atom. The van der Waals surface area contributed by atoms with E-state index in [0.29, 0.717) is 18.9 Å². The molecule has 19 heavy (non-hydrogen) atoms. The van der Waals surface area contributed by atoms with Crippen molar-refractivity contribution in [1.29, 1.82) is 0 Å². The van der Waals surface area contributed by atoms with Gasteiger partial charge in [0.25, 0.3) is 0 Å². The molecule has 0 saturated heterocycles. The minimum atomic E-state index is -4.00. The zero-order chi connectivity index (χ0) is 13.9. The van der Waals surface area contributed by atoms with Crippen LogP contribution in [0.1, 0.15) is 64.7 Å². The average Bonchev–Trinajstić information content (AvgIpc) is 2.33. The lowest BCUT2D eigenvalue weighted by Gasteiger charge is -2.34. The predicted molar refractivity (Wildman–Crippen MR) is 68.9 cm³/mol. The molecule has 2 saturated carbocycles. The first-order valence-electron chi connectivity index (χ1n) is 7.64. The summed E-state index contributed by atoms with van der Waals surface area (Å²) in [7, 11) is 0. The van der Waals surface area contributed by atoms with Crippen LogP contribution in [0.25, 0.3) is 0 Å². The molecule has 0 N–H and O–H groups in total. The third-order valence-electron chi connectivity index (χ3n) is 4.66. The van der Waals surface area contributed by atoms with Gasteiger partial charge in [0.1, 0.15) is 0 Å². The average molecular weight is 278 g/mol. The summed E-state index contributed by atoms with van der Waals surface area (Å²) in [6, 6.07) is 0. The van der Waals surface area contributed by atoms with Gasteiger partial charge in [0.15, 0.2) is 0 Å². The topological polar surface area (TPSA) is 9.23 Å². The molecule has 2 rings (SSSR count). The van der Waals surface area contributed by atoms with Gasteiger partial charge in [-0.15, -0.1) is 0 Å². The van der Waals surface area contributed by atoms with Crippen LogP contribution in [0.5, 0.6) is 0 Å². The van der Waals surface area contributed by atoms with Gasteiger partial charge in [0.2, 0.25) is 0 Å². The molecular formula is C15H25F3O. The van der Waals surface area contributed by atoms with Crippen LogP contribution in [0, 0.1) is 11.8 Å². The van der Waals surface area contributed by atoms with Gasteiger partial charge >= 0.3 is 6.18 Å². The molecule has 0 aromatic carbocycles. The summed E-state index contributed by atoms with van der Waals surface area (Å²) < 4.78 is 43.0. The summed E-state index contributed by atoms with van der Waals surface area (Å²) in [5.41, 5.74) is 0. The second kappa shape index (κ2) is 6.47. The van der Waals surface area contributed by atoms with E-state index in [-0.39, 0.29) is 12.0 Å². The van der Waals surface area contributed by atoms with Gasteiger partial charge in [-0.2, -0.15) is 13.2 Å². The van der Waals surface area contributed by atoms with Crippen LogP contribution in [-0.4, -0.2) is 18.4 Å². The van der Waals surface area contributed by atoms with Crippen molar-refractivity contribution in [3.63, 3.8) is 0 Å². The fourth-order valence-electron chi connectivity index (χ4n) is 3.44. The molecule has 112 valence electrons. The third kappa shape index (κ3) is 5.33. The van der Waals surface area contributed by atoms with E-state index in [0.717, 1.165) is 31.6 Å². The van der Waals surface area contributed by atoms with Gasteiger partial charge in [0.05, 0.1) is 12.2 Å². The lowest BCUT2D eigenvalue weighted by Crippen LogP contribution is -2.30. The van der Waals surface area contributed by atoms with E-state index >= 15 is 0 Å². The monoisotopic (exact) mass is 278 g/mol. The van der Waals surface area contributed by atoms with Crippen molar-refractivity contribution in [1.82, 2.24) is 0 Å². The molecule has 1 nitrogen and oxygen atoms in total. The van der Waals surface area contributed by atoms with Crippen molar-refractivity contribution in [2.75, 3.05) is 0 Å². The molecule has 0 amide bonds. The maximum atomic E-state index is 12.3. The molecule has 0 radical (unpaired) electrons. The summed E-state index contributed by atoms with van der Waals surface area (Å²) in [6.07, 6.45) is 3.65. The number of hydrogen-bond acceptors (Lipinski definition) is 1. The van der Waals surface area contributed by atoms with Gasteiger partial charge < -0.3 is 4.74 Å². The van der Waals surface area contributed by atoms with E-state index in [1.165, 1.54) is 12.8 Å². The molecule has 0 heterocycles. The lowest BCUT2D eigenvalue weighted by atomic mass is 9.84. The Hall–Kier alpha value is -0.250. The summed E-state index contributed by atoms with van der Waals surface area (Å²) in [5, 5.41) is 0. The van der Waals surface area contributed by atoms with Gasteiger partial charge in [-0.25, -0.2) is 0 Å². The van der Waals surface area contributed by atoms with E-state index in [4.69, 9.17) is 4.74 Å². The molecule has 0 unspecified atom stereocenters. The maximum absolute atomic E-state index is 12.3. The Balaban J connectivity index is 1.66. The molecular weight excluding hydrogens is 253 g/mol. The van der Waals surface area contributed by atoms with Crippen LogP contribution in [0.4, 0.5) is 13.2 Å². The largest absolute Gasteiger partial charge is 0.389 e. The number of ether oxygens (including phenoxy) is 1. The maximum Gasteiger partial charge on any atom is 0.389 e. The zero-order valence-electron chi connectivity index (χ0n) is 11.7. The predicted octanol–water partition coefficient (Wildman–Crippen LogP) is 5.09. The molecule has 0 spiro atoms. The van der Waals surface area contributed by atoms with Gasteiger partial charge in [-0.3, -0.25) is 0 Å². The normalized spacial score (nSPS) is 37.3. The van der Waals surface area contributed by atoms with E-state index in [1.807, 2.05) is 0 Å². The highest BCUT2D eigenvalue weighted by atomic mass is 19.4. The van der Waals surface area contributed by atoms with E-state index in [9.17, 15) is 13.2 Å². The van der Waals surface area contributed by atoms with Crippen molar-refractivity contribution in [3.05, 3.63) is 0 Å². The Morgan fingerprint density at radius 2 is 1.32 bits per heavy atom. The smallest absolute Gasteiger partial charge is 0.375 e. The highest BCUT2D eigenvalue weighted by molar-refractivity contribution is 4.77. The Labute approximate surface area is 113 Å².